The number of hydrogen-bond donors (Lipinski definition) is 1. The lowest BCUT2D eigenvalue weighted by molar-refractivity contribution is 0.0629. The van der Waals surface area contributed by atoms with Gasteiger partial charge in [0.1, 0.15) is 23.0 Å². The number of hydrogen-bond acceptors (Lipinski definition) is 6. The Labute approximate surface area is 230 Å². The molecule has 0 aliphatic carbocycles. The van der Waals surface area contributed by atoms with Crippen molar-refractivity contribution in [2.75, 3.05) is 27.4 Å². The molecule has 1 aliphatic rings. The van der Waals surface area contributed by atoms with Crippen LogP contribution in [-0.4, -0.2) is 43.5 Å². The average Bonchev–Trinajstić information content (AvgIpc) is 3.67. The highest BCUT2D eigenvalue weighted by atomic mass is 16.5. The van der Waals surface area contributed by atoms with Crippen molar-refractivity contribution in [1.82, 2.24) is 4.90 Å². The summed E-state index contributed by atoms with van der Waals surface area (Å²) in [5.74, 6) is 2.69. The third-order valence-corrected chi connectivity index (χ3v) is 7.55. The maximum atomic E-state index is 12.3. The van der Waals surface area contributed by atoms with Gasteiger partial charge in [0, 0.05) is 19.7 Å². The van der Waals surface area contributed by atoms with E-state index < -0.39 is 5.60 Å². The van der Waals surface area contributed by atoms with Crippen molar-refractivity contribution in [2.24, 2.45) is 0 Å². The maximum absolute atomic E-state index is 12.3. The first-order valence-electron chi connectivity index (χ1n) is 13.5. The summed E-state index contributed by atoms with van der Waals surface area (Å²) < 4.78 is 23.1. The van der Waals surface area contributed by atoms with Crippen molar-refractivity contribution in [3.63, 3.8) is 0 Å². The summed E-state index contributed by atoms with van der Waals surface area (Å²) in [5, 5.41) is 12.3. The minimum atomic E-state index is -1.49. The van der Waals surface area contributed by atoms with E-state index in [2.05, 4.69) is 36.1 Å². The number of furan rings is 1. The zero-order valence-electron chi connectivity index (χ0n) is 22.9. The normalized spacial score (nSPS) is 15.6. The summed E-state index contributed by atoms with van der Waals surface area (Å²) >= 11 is 0. The summed E-state index contributed by atoms with van der Waals surface area (Å²) in [6.45, 7) is 5.20. The molecule has 0 spiro atoms. The van der Waals surface area contributed by atoms with Crippen molar-refractivity contribution in [3.8, 4) is 11.5 Å². The van der Waals surface area contributed by atoms with Crippen molar-refractivity contribution in [3.05, 3.63) is 119 Å². The Bertz CT molecular complexity index is 1290. The second-order valence-corrected chi connectivity index (χ2v) is 10.2. The van der Waals surface area contributed by atoms with Gasteiger partial charge in [0.25, 0.3) is 0 Å². The average molecular weight is 528 g/mol. The first kappa shape index (κ1) is 27.0. The fraction of sp³-hybridized carbons (Fsp3) is 0.333. The highest BCUT2D eigenvalue weighted by Crippen LogP contribution is 2.39. The van der Waals surface area contributed by atoms with E-state index in [1.54, 1.807) is 14.2 Å². The molecule has 1 N–H and O–H groups in total. The smallest absolute Gasteiger partial charge is 0.173 e. The van der Waals surface area contributed by atoms with E-state index in [9.17, 15) is 5.11 Å². The van der Waals surface area contributed by atoms with Crippen molar-refractivity contribution >= 4 is 0 Å². The SMILES string of the molecule is COc1ccc(C(O)(c2ccc(OC)cc2)c2ccc(CN(Cc3ccccc3C)C[C@@H]3CCCO3)o2)cc1. The van der Waals surface area contributed by atoms with Gasteiger partial charge in [-0.25, -0.2) is 0 Å². The maximum Gasteiger partial charge on any atom is 0.173 e. The molecular formula is C33H37NO5. The first-order valence-corrected chi connectivity index (χ1v) is 13.5. The molecule has 0 unspecified atom stereocenters. The van der Waals surface area contributed by atoms with E-state index in [1.807, 2.05) is 60.7 Å². The number of methoxy groups -OCH3 is 2. The van der Waals surface area contributed by atoms with Gasteiger partial charge in [-0.05, 0) is 78.4 Å². The fourth-order valence-electron chi connectivity index (χ4n) is 5.28. The molecule has 2 heterocycles. The third kappa shape index (κ3) is 6.04. The Kier molecular flexibility index (Phi) is 8.36. The molecule has 5 rings (SSSR count). The molecule has 1 fully saturated rings. The molecule has 1 saturated heterocycles. The van der Waals surface area contributed by atoms with Crippen LogP contribution in [0, 0.1) is 6.92 Å². The molecule has 6 nitrogen and oxygen atoms in total. The van der Waals surface area contributed by atoms with Crippen molar-refractivity contribution in [1.29, 1.82) is 0 Å². The Hall–Kier alpha value is -3.58. The molecule has 6 heteroatoms. The Balaban J connectivity index is 1.46. The van der Waals surface area contributed by atoms with Crippen LogP contribution >= 0.6 is 0 Å². The molecule has 4 aromatic rings. The van der Waals surface area contributed by atoms with Gasteiger partial charge in [-0.1, -0.05) is 48.5 Å². The van der Waals surface area contributed by atoms with E-state index in [4.69, 9.17) is 18.6 Å². The van der Waals surface area contributed by atoms with E-state index in [-0.39, 0.29) is 6.10 Å². The molecular weight excluding hydrogens is 490 g/mol. The van der Waals surface area contributed by atoms with Crippen LogP contribution in [0.1, 0.15) is 46.6 Å². The van der Waals surface area contributed by atoms with Gasteiger partial charge in [-0.3, -0.25) is 4.90 Å². The van der Waals surface area contributed by atoms with Crippen LogP contribution in [0.4, 0.5) is 0 Å². The van der Waals surface area contributed by atoms with Gasteiger partial charge >= 0.3 is 0 Å². The Morgan fingerprint density at radius 3 is 2.05 bits per heavy atom. The lowest BCUT2D eigenvalue weighted by Gasteiger charge is -2.28. The van der Waals surface area contributed by atoms with Crippen LogP contribution in [0.3, 0.4) is 0 Å². The van der Waals surface area contributed by atoms with E-state index in [0.29, 0.717) is 23.4 Å². The molecule has 0 bridgehead atoms. The summed E-state index contributed by atoms with van der Waals surface area (Å²) in [5.41, 5.74) is 2.43. The summed E-state index contributed by atoms with van der Waals surface area (Å²) in [4.78, 5) is 2.38. The van der Waals surface area contributed by atoms with Crippen LogP contribution in [0.2, 0.25) is 0 Å². The van der Waals surface area contributed by atoms with Crippen molar-refractivity contribution < 1.29 is 23.7 Å². The minimum absolute atomic E-state index is 0.221. The van der Waals surface area contributed by atoms with Gasteiger partial charge in [-0.15, -0.1) is 0 Å². The Morgan fingerprint density at radius 2 is 1.49 bits per heavy atom. The van der Waals surface area contributed by atoms with Gasteiger partial charge in [0.15, 0.2) is 5.60 Å². The van der Waals surface area contributed by atoms with E-state index in [1.165, 1.54) is 11.1 Å². The summed E-state index contributed by atoms with van der Waals surface area (Å²) in [7, 11) is 3.26. The standard InChI is InChI=1S/C33H37NO5/c1-24-7-4-5-8-25(24)21-34(22-30-9-6-20-38-30)23-31-18-19-32(39-31)33(35,26-10-14-28(36-2)15-11-26)27-12-16-29(37-3)17-13-27/h4-5,7-8,10-19,30,35H,6,9,20-23H2,1-3H3/t30-/m0/s1. The van der Waals surface area contributed by atoms with Crippen LogP contribution in [0.25, 0.3) is 0 Å². The molecule has 3 aromatic carbocycles. The quantitative estimate of drug-likeness (QED) is 0.255. The highest BCUT2D eigenvalue weighted by Gasteiger charge is 2.37. The molecule has 1 aromatic heterocycles. The fourth-order valence-corrected chi connectivity index (χ4v) is 5.28. The molecule has 0 amide bonds. The lowest BCUT2D eigenvalue weighted by atomic mass is 9.84. The third-order valence-electron chi connectivity index (χ3n) is 7.55. The summed E-state index contributed by atoms with van der Waals surface area (Å²) in [6.07, 6.45) is 2.39. The molecule has 1 atom stereocenters. The molecule has 0 saturated carbocycles. The second kappa shape index (κ2) is 12.1. The van der Waals surface area contributed by atoms with Crippen LogP contribution in [-0.2, 0) is 23.4 Å². The van der Waals surface area contributed by atoms with Gasteiger partial charge in [-0.2, -0.15) is 0 Å². The number of aryl methyl sites for hydroxylation is 1. The van der Waals surface area contributed by atoms with Crippen LogP contribution in [0.15, 0.2) is 89.3 Å². The molecule has 1 aliphatic heterocycles. The van der Waals surface area contributed by atoms with Gasteiger partial charge in [0.05, 0.1) is 26.9 Å². The predicted octanol–water partition coefficient (Wildman–Crippen LogP) is 6.07. The predicted molar refractivity (Wildman–Crippen MR) is 151 cm³/mol. The molecule has 39 heavy (non-hydrogen) atoms. The lowest BCUT2D eigenvalue weighted by Crippen LogP contribution is -2.31. The topological polar surface area (TPSA) is 64.3 Å². The second-order valence-electron chi connectivity index (χ2n) is 10.2. The zero-order valence-corrected chi connectivity index (χ0v) is 22.9. The largest absolute Gasteiger partial charge is 0.497 e. The van der Waals surface area contributed by atoms with Gasteiger partial charge in [0.2, 0.25) is 0 Å². The minimum Gasteiger partial charge on any atom is -0.497 e. The number of nitrogens with zero attached hydrogens (tertiary/aromatic N) is 1. The zero-order chi connectivity index (χ0) is 27.2. The molecule has 0 radical (unpaired) electrons. The number of benzene rings is 3. The van der Waals surface area contributed by atoms with Gasteiger partial charge < -0.3 is 23.7 Å². The Morgan fingerprint density at radius 1 is 0.846 bits per heavy atom. The van der Waals surface area contributed by atoms with Crippen LogP contribution < -0.4 is 9.47 Å². The number of aliphatic hydroxyl groups is 1. The highest BCUT2D eigenvalue weighted by molar-refractivity contribution is 5.46. The monoisotopic (exact) mass is 527 g/mol. The number of ether oxygens (including phenoxy) is 3. The number of rotatable bonds is 11. The summed E-state index contributed by atoms with van der Waals surface area (Å²) in [6, 6.07) is 27.2. The van der Waals surface area contributed by atoms with E-state index in [0.717, 1.165) is 49.8 Å². The first-order chi connectivity index (χ1) is 19.0. The van der Waals surface area contributed by atoms with Crippen molar-refractivity contribution in [2.45, 2.75) is 44.6 Å². The van der Waals surface area contributed by atoms with Crippen LogP contribution in [0.5, 0.6) is 11.5 Å². The molecule has 204 valence electrons. The van der Waals surface area contributed by atoms with E-state index >= 15 is 0 Å².